The molecule has 0 bridgehead atoms. The zero-order valence-corrected chi connectivity index (χ0v) is 18.4. The predicted molar refractivity (Wildman–Crippen MR) is 127 cm³/mol. The molecular weight excluding hydrogens is 422 g/mol. The number of aromatic carboxylic acids is 1. The van der Waals surface area contributed by atoms with Crippen LogP contribution in [0.4, 0.5) is 21.0 Å². The largest absolute Gasteiger partial charge is 0.478 e. The Morgan fingerprint density at radius 1 is 0.818 bits per heavy atom. The first-order chi connectivity index (χ1) is 15.6. The van der Waals surface area contributed by atoms with Gasteiger partial charge in [0, 0.05) is 22.1 Å². The lowest BCUT2D eigenvalue weighted by Gasteiger charge is -2.20. The van der Waals surface area contributed by atoms with Gasteiger partial charge in [-0.1, -0.05) is 36.4 Å². The normalized spacial score (nSPS) is 11.4. The third-order valence-corrected chi connectivity index (χ3v) is 4.86. The van der Waals surface area contributed by atoms with Crippen molar-refractivity contribution in [2.75, 3.05) is 10.6 Å². The Morgan fingerprint density at radius 3 is 1.85 bits per heavy atom. The van der Waals surface area contributed by atoms with Gasteiger partial charge in [-0.15, -0.1) is 0 Å². The van der Waals surface area contributed by atoms with Crippen LogP contribution in [-0.2, 0) is 4.74 Å². The van der Waals surface area contributed by atoms with Crippen LogP contribution in [0.3, 0.4) is 0 Å². The molecule has 0 unspecified atom stereocenters. The summed E-state index contributed by atoms with van der Waals surface area (Å²) in [4.78, 5) is 37.1. The SMILES string of the molecule is CC(C)(C)OC(=O)Nc1cc(NC(=O)n2c3ccccc3c3ccccc32)cc(C(=O)O)c1. The summed E-state index contributed by atoms with van der Waals surface area (Å²) in [7, 11) is 0. The maximum absolute atomic E-state index is 13.3. The van der Waals surface area contributed by atoms with Crippen molar-refractivity contribution in [2.24, 2.45) is 0 Å². The zero-order chi connectivity index (χ0) is 23.8. The highest BCUT2D eigenvalue weighted by atomic mass is 16.6. The third-order valence-electron chi connectivity index (χ3n) is 4.86. The summed E-state index contributed by atoms with van der Waals surface area (Å²) >= 11 is 0. The fourth-order valence-electron chi connectivity index (χ4n) is 3.64. The molecule has 0 aliphatic rings. The molecule has 4 rings (SSSR count). The van der Waals surface area contributed by atoms with E-state index in [1.807, 2.05) is 48.5 Å². The molecular formula is C25H23N3O5. The highest BCUT2D eigenvalue weighted by Gasteiger charge is 2.19. The van der Waals surface area contributed by atoms with Crippen LogP contribution >= 0.6 is 0 Å². The number of para-hydroxylation sites is 2. The Morgan fingerprint density at radius 2 is 1.33 bits per heavy atom. The number of amides is 2. The van der Waals surface area contributed by atoms with Gasteiger partial charge in [0.05, 0.1) is 16.6 Å². The first kappa shape index (κ1) is 21.9. The topological polar surface area (TPSA) is 110 Å². The molecule has 0 aliphatic carbocycles. The third kappa shape index (κ3) is 4.64. The smallest absolute Gasteiger partial charge is 0.412 e. The minimum Gasteiger partial charge on any atom is -0.478 e. The van der Waals surface area contributed by atoms with Crippen molar-refractivity contribution in [1.82, 2.24) is 4.57 Å². The second-order valence-electron chi connectivity index (χ2n) is 8.53. The Balaban J connectivity index is 1.70. The number of carbonyl (C=O) groups is 3. The number of rotatable bonds is 3. The lowest BCUT2D eigenvalue weighted by molar-refractivity contribution is 0.0633. The van der Waals surface area contributed by atoms with Crippen LogP contribution in [0.5, 0.6) is 0 Å². The fourth-order valence-corrected chi connectivity index (χ4v) is 3.64. The summed E-state index contributed by atoms with van der Waals surface area (Å²) in [5.74, 6) is -1.20. The minimum absolute atomic E-state index is 0.0962. The number of benzene rings is 3. The summed E-state index contributed by atoms with van der Waals surface area (Å²) in [5.41, 5.74) is 1.02. The number of carboxylic acid groups (broad SMARTS) is 1. The van der Waals surface area contributed by atoms with Gasteiger partial charge in [-0.3, -0.25) is 9.88 Å². The summed E-state index contributed by atoms with van der Waals surface area (Å²) < 4.78 is 6.77. The van der Waals surface area contributed by atoms with Gasteiger partial charge in [-0.25, -0.2) is 14.4 Å². The molecule has 1 aromatic heterocycles. The lowest BCUT2D eigenvalue weighted by Crippen LogP contribution is -2.27. The average molecular weight is 445 g/mol. The van der Waals surface area contributed by atoms with E-state index < -0.39 is 23.7 Å². The van der Waals surface area contributed by atoms with Crippen LogP contribution in [0.15, 0.2) is 66.7 Å². The molecule has 0 saturated carbocycles. The zero-order valence-electron chi connectivity index (χ0n) is 18.4. The van der Waals surface area contributed by atoms with Gasteiger partial charge in [0.1, 0.15) is 5.60 Å². The maximum atomic E-state index is 13.3. The van der Waals surface area contributed by atoms with Gasteiger partial charge in [0.2, 0.25) is 0 Å². The molecule has 8 nitrogen and oxygen atoms in total. The van der Waals surface area contributed by atoms with Gasteiger partial charge in [-0.2, -0.15) is 0 Å². The molecule has 4 aromatic rings. The number of carboxylic acids is 1. The Hall–Kier alpha value is -4.33. The number of anilines is 2. The van der Waals surface area contributed by atoms with Crippen molar-refractivity contribution in [3.63, 3.8) is 0 Å². The van der Waals surface area contributed by atoms with Gasteiger partial charge in [0.25, 0.3) is 0 Å². The Kier molecular flexibility index (Phi) is 5.51. The van der Waals surface area contributed by atoms with Crippen LogP contribution < -0.4 is 10.6 Å². The van der Waals surface area contributed by atoms with Crippen molar-refractivity contribution in [3.8, 4) is 0 Å². The van der Waals surface area contributed by atoms with E-state index >= 15 is 0 Å². The standard InChI is InChI=1S/C25H23N3O5/c1-25(2,3)33-24(32)27-17-13-15(22(29)30)12-16(14-17)26-23(31)28-20-10-6-4-8-18(20)19-9-5-7-11-21(19)28/h4-14H,1-3H3,(H,26,31)(H,27,32)(H,29,30). The Bertz CT molecular complexity index is 1350. The van der Waals surface area contributed by atoms with Crippen molar-refractivity contribution in [1.29, 1.82) is 0 Å². The summed E-state index contributed by atoms with van der Waals surface area (Å²) in [5, 5.41) is 16.6. The maximum Gasteiger partial charge on any atom is 0.412 e. The molecule has 0 spiro atoms. The highest BCUT2D eigenvalue weighted by molar-refractivity contribution is 6.15. The monoisotopic (exact) mass is 445 g/mol. The van der Waals surface area contributed by atoms with Crippen LogP contribution in [0, 0.1) is 0 Å². The number of nitrogens with zero attached hydrogens (tertiary/aromatic N) is 1. The van der Waals surface area contributed by atoms with E-state index in [0.29, 0.717) is 0 Å². The van der Waals surface area contributed by atoms with E-state index in [1.165, 1.54) is 18.2 Å². The van der Waals surface area contributed by atoms with Crippen molar-refractivity contribution < 1.29 is 24.2 Å². The molecule has 1 heterocycles. The molecule has 33 heavy (non-hydrogen) atoms. The van der Waals surface area contributed by atoms with E-state index in [9.17, 15) is 19.5 Å². The first-order valence-corrected chi connectivity index (χ1v) is 10.3. The number of fused-ring (bicyclic) bond motifs is 3. The number of ether oxygens (including phenoxy) is 1. The van der Waals surface area contributed by atoms with Crippen LogP contribution in [0.1, 0.15) is 31.1 Å². The first-order valence-electron chi connectivity index (χ1n) is 10.3. The number of aromatic nitrogens is 1. The van der Waals surface area contributed by atoms with Crippen LogP contribution in [0.2, 0.25) is 0 Å². The summed E-state index contributed by atoms with van der Waals surface area (Å²) in [6.45, 7) is 5.16. The van der Waals surface area contributed by atoms with E-state index in [4.69, 9.17) is 4.74 Å². The number of hydrogen-bond acceptors (Lipinski definition) is 4. The van der Waals surface area contributed by atoms with Crippen molar-refractivity contribution in [3.05, 3.63) is 72.3 Å². The van der Waals surface area contributed by atoms with E-state index in [1.54, 1.807) is 25.3 Å². The van der Waals surface area contributed by atoms with Gasteiger partial charge in [-0.05, 0) is 51.1 Å². The second kappa shape index (κ2) is 8.31. The molecule has 0 saturated heterocycles. The Labute approximate surface area is 189 Å². The van der Waals surface area contributed by atoms with Gasteiger partial charge in [0.15, 0.2) is 0 Å². The van der Waals surface area contributed by atoms with E-state index in [0.717, 1.165) is 21.8 Å². The van der Waals surface area contributed by atoms with Gasteiger partial charge >= 0.3 is 18.1 Å². The van der Waals surface area contributed by atoms with Crippen LogP contribution in [-0.4, -0.2) is 33.4 Å². The predicted octanol–water partition coefficient (Wildman–Crippen LogP) is 5.92. The minimum atomic E-state index is -1.20. The number of carbonyl (C=O) groups excluding carboxylic acids is 2. The van der Waals surface area contributed by atoms with Crippen molar-refractivity contribution >= 4 is 51.3 Å². The second-order valence-corrected chi connectivity index (χ2v) is 8.53. The molecule has 168 valence electrons. The molecule has 0 aliphatic heterocycles. The quantitative estimate of drug-likeness (QED) is 0.363. The van der Waals surface area contributed by atoms with Crippen LogP contribution in [0.25, 0.3) is 21.8 Å². The summed E-state index contributed by atoms with van der Waals surface area (Å²) in [6, 6.07) is 18.7. The molecule has 0 fully saturated rings. The average Bonchev–Trinajstić information content (AvgIpc) is 3.06. The molecule has 2 amide bonds. The molecule has 3 N–H and O–H groups in total. The molecule has 0 atom stereocenters. The number of nitrogens with one attached hydrogen (secondary N) is 2. The van der Waals surface area contributed by atoms with Crippen molar-refractivity contribution in [2.45, 2.75) is 26.4 Å². The molecule has 8 heteroatoms. The fraction of sp³-hybridized carbons (Fsp3) is 0.160. The van der Waals surface area contributed by atoms with E-state index in [-0.39, 0.29) is 16.9 Å². The molecule has 0 radical (unpaired) electrons. The highest BCUT2D eigenvalue weighted by Crippen LogP contribution is 2.29. The number of hydrogen-bond donors (Lipinski definition) is 3. The lowest BCUT2D eigenvalue weighted by atomic mass is 10.1. The van der Waals surface area contributed by atoms with E-state index in [2.05, 4.69) is 10.6 Å². The van der Waals surface area contributed by atoms with Gasteiger partial charge < -0.3 is 15.2 Å². The molecule has 3 aromatic carbocycles. The summed E-state index contributed by atoms with van der Waals surface area (Å²) in [6.07, 6.45) is -0.732.